The number of hydrogen-bond donors (Lipinski definition) is 0. The first kappa shape index (κ1) is 42.1. The van der Waals surface area contributed by atoms with E-state index >= 15 is 0 Å². The first-order valence-electron chi connectivity index (χ1n) is 14.0. The van der Waals surface area contributed by atoms with Gasteiger partial charge in [-0.3, -0.25) is 0 Å². The second-order valence-electron chi connectivity index (χ2n) is 9.72. The molecule has 0 aliphatic carbocycles. The van der Waals surface area contributed by atoms with E-state index in [1.807, 2.05) is 0 Å². The van der Waals surface area contributed by atoms with E-state index < -0.39 is 0 Å². The first-order chi connectivity index (χ1) is 14.6. The minimum Gasteiger partial charge on any atom is -0.307 e. The molecule has 0 unspecified atom stereocenters. The van der Waals surface area contributed by atoms with Gasteiger partial charge in [0.05, 0.1) is 0 Å². The predicted octanol–water partition coefficient (Wildman–Crippen LogP) is 10.2. The van der Waals surface area contributed by atoms with Gasteiger partial charge in [-0.2, -0.15) is 0 Å². The molecule has 0 amide bonds. The van der Waals surface area contributed by atoms with E-state index in [1.165, 1.54) is 64.2 Å². The largest absolute Gasteiger partial charge is 0.307 e. The minimum absolute atomic E-state index is 0. The van der Waals surface area contributed by atoms with Gasteiger partial charge in [-0.25, -0.2) is 0 Å². The number of nitrogens with zero attached hydrogens (tertiary/aromatic N) is 2. The van der Waals surface area contributed by atoms with Crippen LogP contribution in [0, 0.1) is 11.3 Å². The fourth-order valence-electron chi connectivity index (χ4n) is 3.76. The Kier molecular flexibility index (Phi) is 43.6. The summed E-state index contributed by atoms with van der Waals surface area (Å²) in [5.74, 6) is 0.963. The first-order valence-corrected chi connectivity index (χ1v) is 14.0. The van der Waals surface area contributed by atoms with Crippen LogP contribution in [0.15, 0.2) is 0 Å². The van der Waals surface area contributed by atoms with Crippen molar-refractivity contribution in [2.45, 2.75) is 148 Å². The summed E-state index contributed by atoms with van der Waals surface area (Å²) in [4.78, 5) is 4.50. The zero-order valence-corrected chi connectivity index (χ0v) is 24.9. The van der Waals surface area contributed by atoms with Crippen LogP contribution in [0.5, 0.6) is 0 Å². The molecule has 0 aromatic carbocycles. The SMILES string of the molecule is C.CCCC(C)(CCC)CCC.CCCC(C)CCC.CCN(C)CC.CCN(C)CC. The third-order valence-corrected chi connectivity index (χ3v) is 6.28. The van der Waals surface area contributed by atoms with Crippen LogP contribution in [-0.2, 0) is 0 Å². The summed E-state index contributed by atoms with van der Waals surface area (Å²) >= 11 is 0. The summed E-state index contributed by atoms with van der Waals surface area (Å²) in [5.41, 5.74) is 0.651. The van der Waals surface area contributed by atoms with E-state index in [9.17, 15) is 0 Å². The number of hydrogen-bond acceptors (Lipinski definition) is 2. The molecule has 202 valence electrons. The highest BCUT2D eigenvalue weighted by molar-refractivity contribution is 4.72. The maximum Gasteiger partial charge on any atom is -0.00504 e. The molecule has 0 saturated carbocycles. The van der Waals surface area contributed by atoms with Crippen LogP contribution < -0.4 is 0 Å². The highest BCUT2D eigenvalue weighted by Crippen LogP contribution is 2.33. The Balaban J connectivity index is -0.000000104. The van der Waals surface area contributed by atoms with Crippen molar-refractivity contribution in [1.29, 1.82) is 0 Å². The molecule has 0 aliphatic heterocycles. The Hall–Kier alpha value is -0.0800. The standard InChI is InChI=1S/C11H24.C8H18.2C5H13N.CH4/c1-5-8-11(4,9-6-2)10-7-3;1-4-6-8(3)7-5-2;2*1-4-6(3)5-2;/h5-10H2,1-4H3;8H,4-7H2,1-3H3;2*4-5H2,1-3H3;1H4. The summed E-state index contributed by atoms with van der Waals surface area (Å²) in [7, 11) is 4.22. The third-order valence-electron chi connectivity index (χ3n) is 6.28. The smallest absolute Gasteiger partial charge is 0.00504 e. The van der Waals surface area contributed by atoms with Crippen LogP contribution in [0.2, 0.25) is 0 Å². The van der Waals surface area contributed by atoms with Crippen molar-refractivity contribution in [3.63, 3.8) is 0 Å². The van der Waals surface area contributed by atoms with Crippen molar-refractivity contribution in [1.82, 2.24) is 9.80 Å². The fourth-order valence-corrected chi connectivity index (χ4v) is 3.76. The minimum atomic E-state index is 0. The van der Waals surface area contributed by atoms with Crippen LogP contribution in [-0.4, -0.2) is 50.1 Å². The molecule has 0 aromatic rings. The summed E-state index contributed by atoms with van der Waals surface area (Å²) in [6, 6.07) is 0. The van der Waals surface area contributed by atoms with Gasteiger partial charge in [-0.05, 0) is 70.9 Å². The Morgan fingerprint density at radius 2 is 0.781 bits per heavy atom. The van der Waals surface area contributed by atoms with Gasteiger partial charge in [0, 0.05) is 0 Å². The van der Waals surface area contributed by atoms with Crippen LogP contribution in [0.4, 0.5) is 0 Å². The Morgan fingerprint density at radius 1 is 0.531 bits per heavy atom. The van der Waals surface area contributed by atoms with Crippen molar-refractivity contribution >= 4 is 0 Å². The zero-order chi connectivity index (χ0) is 25.1. The Morgan fingerprint density at radius 3 is 0.906 bits per heavy atom. The molecule has 0 aliphatic rings. The van der Waals surface area contributed by atoms with E-state index in [4.69, 9.17) is 0 Å². The maximum atomic E-state index is 2.45. The zero-order valence-electron chi connectivity index (χ0n) is 24.9. The van der Waals surface area contributed by atoms with Crippen LogP contribution in [0.3, 0.4) is 0 Å². The van der Waals surface area contributed by atoms with Gasteiger partial charge in [0.1, 0.15) is 0 Å². The van der Waals surface area contributed by atoms with Crippen molar-refractivity contribution in [2.75, 3.05) is 40.3 Å². The van der Waals surface area contributed by atoms with E-state index in [2.05, 4.69) is 100 Å². The molecule has 0 atom stereocenters. The quantitative estimate of drug-likeness (QED) is 0.254. The van der Waals surface area contributed by atoms with Crippen LogP contribution in [0.25, 0.3) is 0 Å². The Labute approximate surface area is 209 Å². The second kappa shape index (κ2) is 33.1. The fraction of sp³-hybridized carbons (Fsp3) is 1.00. The highest BCUT2D eigenvalue weighted by atomic mass is 15.1. The molecule has 2 nitrogen and oxygen atoms in total. The molecule has 0 rings (SSSR count). The third kappa shape index (κ3) is 37.2. The van der Waals surface area contributed by atoms with Crippen LogP contribution >= 0.6 is 0 Å². The molecule has 0 spiro atoms. The summed E-state index contributed by atoms with van der Waals surface area (Å²) < 4.78 is 0. The summed E-state index contributed by atoms with van der Waals surface area (Å²) in [6.07, 6.45) is 13.8. The molecule has 0 bridgehead atoms. The molecule has 0 radical (unpaired) electrons. The van der Waals surface area contributed by atoms with Crippen molar-refractivity contribution in [2.24, 2.45) is 11.3 Å². The molecule has 0 saturated heterocycles. The van der Waals surface area contributed by atoms with E-state index in [0.717, 1.165) is 32.1 Å². The van der Waals surface area contributed by atoms with Gasteiger partial charge >= 0.3 is 0 Å². The van der Waals surface area contributed by atoms with Crippen molar-refractivity contribution < 1.29 is 0 Å². The van der Waals surface area contributed by atoms with Crippen molar-refractivity contribution in [3.05, 3.63) is 0 Å². The average Bonchev–Trinajstić information content (AvgIpc) is 2.74. The molecule has 0 aromatic heterocycles. The molecule has 0 N–H and O–H groups in total. The lowest BCUT2D eigenvalue weighted by Crippen LogP contribution is -2.15. The van der Waals surface area contributed by atoms with Gasteiger partial charge < -0.3 is 9.80 Å². The van der Waals surface area contributed by atoms with Gasteiger partial charge in [-0.15, -0.1) is 0 Å². The predicted molar refractivity (Wildman–Crippen MR) is 156 cm³/mol. The molecule has 0 fully saturated rings. The van der Waals surface area contributed by atoms with E-state index in [0.29, 0.717) is 5.41 Å². The highest BCUT2D eigenvalue weighted by Gasteiger charge is 2.20. The topological polar surface area (TPSA) is 6.48 Å². The molecule has 32 heavy (non-hydrogen) atoms. The molecular formula is C30H72N2. The molecule has 2 heteroatoms. The maximum absolute atomic E-state index is 2.45. The van der Waals surface area contributed by atoms with E-state index in [1.54, 1.807) is 0 Å². The lowest BCUT2D eigenvalue weighted by Gasteiger charge is -2.28. The normalized spacial score (nSPS) is 10.5. The molecule has 0 heterocycles. The van der Waals surface area contributed by atoms with E-state index in [-0.39, 0.29) is 7.43 Å². The van der Waals surface area contributed by atoms with Gasteiger partial charge in [0.25, 0.3) is 0 Å². The van der Waals surface area contributed by atoms with Gasteiger partial charge in [0.15, 0.2) is 0 Å². The second-order valence-corrected chi connectivity index (χ2v) is 9.72. The molecular weight excluding hydrogens is 388 g/mol. The van der Waals surface area contributed by atoms with Gasteiger partial charge in [-0.1, -0.05) is 129 Å². The average molecular weight is 461 g/mol. The summed E-state index contributed by atoms with van der Waals surface area (Å²) in [5, 5.41) is 0. The summed E-state index contributed by atoms with van der Waals surface area (Å²) in [6.45, 7) is 29.5. The van der Waals surface area contributed by atoms with Crippen LogP contribution in [0.1, 0.15) is 148 Å². The van der Waals surface area contributed by atoms with Crippen molar-refractivity contribution in [3.8, 4) is 0 Å². The number of rotatable bonds is 14. The Bertz CT molecular complexity index is 250. The van der Waals surface area contributed by atoms with Gasteiger partial charge in [0.2, 0.25) is 0 Å². The lowest BCUT2D eigenvalue weighted by atomic mass is 9.78. The monoisotopic (exact) mass is 461 g/mol. The lowest BCUT2D eigenvalue weighted by molar-refractivity contribution is 0.242.